The minimum atomic E-state index is -1.04. The second-order valence-electron chi connectivity index (χ2n) is 7.52. The van der Waals surface area contributed by atoms with Crippen LogP contribution in [0.5, 0.6) is 11.5 Å². The number of fused-ring (bicyclic) bond motifs is 1. The lowest BCUT2D eigenvalue weighted by atomic mass is 10.1. The Balaban J connectivity index is 1.47. The Labute approximate surface area is 191 Å². The first-order valence-corrected chi connectivity index (χ1v) is 10.8. The number of ether oxygens (including phenoxy) is 2. The molecule has 0 spiro atoms. The van der Waals surface area contributed by atoms with Gasteiger partial charge in [-0.15, -0.1) is 0 Å². The van der Waals surface area contributed by atoms with Gasteiger partial charge in [0.15, 0.2) is 18.1 Å². The molecule has 0 bridgehead atoms. The quantitative estimate of drug-likeness (QED) is 0.378. The standard InChI is InChI=1S/C25H26N4O4/c1-3-32-22-13-19(7-8-21(22)33-15-24(30)31)20-14-23(28-16-27-20)26-11-9-17-5-4-6-18-10-12-29(2)25(17)18/h4-8,10,12-14,16H,3,9,11,15H2,1-2H3,(H,30,31)(H,26,27,28). The molecule has 8 heteroatoms. The van der Waals surface area contributed by atoms with E-state index in [-0.39, 0.29) is 0 Å². The Bertz CT molecular complexity index is 1270. The predicted molar refractivity (Wildman–Crippen MR) is 127 cm³/mol. The smallest absolute Gasteiger partial charge is 0.341 e. The highest BCUT2D eigenvalue weighted by Crippen LogP contribution is 2.32. The highest BCUT2D eigenvalue weighted by molar-refractivity contribution is 5.83. The molecule has 2 N–H and O–H groups in total. The number of anilines is 1. The monoisotopic (exact) mass is 446 g/mol. The maximum Gasteiger partial charge on any atom is 0.341 e. The number of aliphatic carboxylic acids is 1. The zero-order chi connectivity index (χ0) is 23.2. The van der Waals surface area contributed by atoms with Gasteiger partial charge in [-0.2, -0.15) is 0 Å². The zero-order valence-corrected chi connectivity index (χ0v) is 18.6. The number of carboxylic acid groups (broad SMARTS) is 1. The molecule has 4 rings (SSSR count). The van der Waals surface area contributed by atoms with Crippen molar-refractivity contribution in [3.05, 3.63) is 66.6 Å². The lowest BCUT2D eigenvalue weighted by Gasteiger charge is -2.13. The average molecular weight is 447 g/mol. The van der Waals surface area contributed by atoms with E-state index in [2.05, 4.69) is 57.4 Å². The normalized spacial score (nSPS) is 10.8. The van der Waals surface area contributed by atoms with Gasteiger partial charge in [-0.3, -0.25) is 0 Å². The second kappa shape index (κ2) is 10.0. The fraction of sp³-hybridized carbons (Fsp3) is 0.240. The fourth-order valence-corrected chi connectivity index (χ4v) is 3.78. The molecule has 0 aliphatic rings. The van der Waals surface area contributed by atoms with Crippen LogP contribution < -0.4 is 14.8 Å². The van der Waals surface area contributed by atoms with Gasteiger partial charge in [0.05, 0.1) is 17.8 Å². The summed E-state index contributed by atoms with van der Waals surface area (Å²) < 4.78 is 13.1. The summed E-state index contributed by atoms with van der Waals surface area (Å²) in [5.74, 6) is 0.532. The third-order valence-electron chi connectivity index (χ3n) is 5.24. The Hall–Kier alpha value is -4.07. The number of carboxylic acids is 1. The number of hydrogen-bond donors (Lipinski definition) is 2. The molecule has 0 fully saturated rings. The van der Waals surface area contributed by atoms with Crippen molar-refractivity contribution in [3.8, 4) is 22.8 Å². The topological polar surface area (TPSA) is 98.5 Å². The van der Waals surface area contributed by atoms with Crippen LogP contribution in [0.1, 0.15) is 12.5 Å². The van der Waals surface area contributed by atoms with Gasteiger partial charge in [-0.1, -0.05) is 18.2 Å². The van der Waals surface area contributed by atoms with Gasteiger partial charge in [0.1, 0.15) is 12.1 Å². The summed E-state index contributed by atoms with van der Waals surface area (Å²) in [6.45, 7) is 2.58. The molecule has 0 amide bonds. The van der Waals surface area contributed by atoms with Crippen LogP contribution >= 0.6 is 0 Å². The molecule has 170 valence electrons. The molecule has 0 radical (unpaired) electrons. The number of carbonyl (C=O) groups is 1. The Morgan fingerprint density at radius 3 is 2.79 bits per heavy atom. The van der Waals surface area contributed by atoms with Gasteiger partial charge >= 0.3 is 5.97 Å². The van der Waals surface area contributed by atoms with Crippen LogP contribution in [0, 0.1) is 0 Å². The van der Waals surface area contributed by atoms with Gasteiger partial charge in [0.2, 0.25) is 0 Å². The van der Waals surface area contributed by atoms with Crippen molar-refractivity contribution in [1.29, 1.82) is 0 Å². The van der Waals surface area contributed by atoms with E-state index >= 15 is 0 Å². The first-order valence-electron chi connectivity index (χ1n) is 10.8. The summed E-state index contributed by atoms with van der Waals surface area (Å²) in [7, 11) is 2.06. The van der Waals surface area contributed by atoms with Crippen LogP contribution in [-0.2, 0) is 18.3 Å². The summed E-state index contributed by atoms with van der Waals surface area (Å²) in [6, 6.07) is 15.7. The molecule has 2 aromatic heterocycles. The van der Waals surface area contributed by atoms with Gasteiger partial charge in [0.25, 0.3) is 0 Å². The van der Waals surface area contributed by atoms with Gasteiger partial charge in [-0.05, 0) is 48.6 Å². The number of hydrogen-bond acceptors (Lipinski definition) is 6. The molecule has 2 aromatic carbocycles. The molecule has 0 unspecified atom stereocenters. The van der Waals surface area contributed by atoms with Crippen molar-refractivity contribution in [2.24, 2.45) is 7.05 Å². The lowest BCUT2D eigenvalue weighted by Crippen LogP contribution is -2.10. The molecule has 0 atom stereocenters. The van der Waals surface area contributed by atoms with E-state index in [0.29, 0.717) is 18.1 Å². The number of rotatable bonds is 10. The second-order valence-corrected chi connectivity index (χ2v) is 7.52. The van der Waals surface area contributed by atoms with Crippen molar-refractivity contribution in [2.75, 3.05) is 25.1 Å². The molecule has 8 nitrogen and oxygen atoms in total. The molecule has 2 heterocycles. The Morgan fingerprint density at radius 1 is 1.09 bits per heavy atom. The van der Waals surface area contributed by atoms with E-state index in [1.807, 2.05) is 19.1 Å². The maximum absolute atomic E-state index is 10.8. The van der Waals surface area contributed by atoms with Crippen molar-refractivity contribution in [2.45, 2.75) is 13.3 Å². The third-order valence-corrected chi connectivity index (χ3v) is 5.24. The average Bonchev–Trinajstić information content (AvgIpc) is 3.20. The van der Waals surface area contributed by atoms with E-state index in [1.165, 1.54) is 22.8 Å². The van der Waals surface area contributed by atoms with E-state index in [4.69, 9.17) is 14.6 Å². The van der Waals surface area contributed by atoms with Crippen LogP contribution in [0.15, 0.2) is 61.1 Å². The maximum atomic E-state index is 10.8. The number of nitrogens with one attached hydrogen (secondary N) is 1. The highest BCUT2D eigenvalue weighted by Gasteiger charge is 2.11. The summed E-state index contributed by atoms with van der Waals surface area (Å²) >= 11 is 0. The molecule has 0 aliphatic carbocycles. The predicted octanol–water partition coefficient (Wildman–Crippen LogP) is 4.15. The number of benzene rings is 2. The molecule has 0 saturated heterocycles. The zero-order valence-electron chi connectivity index (χ0n) is 18.6. The molecular formula is C25H26N4O4. The number of para-hydroxylation sites is 1. The van der Waals surface area contributed by atoms with Crippen LogP contribution in [0.4, 0.5) is 5.82 Å². The van der Waals surface area contributed by atoms with Crippen molar-refractivity contribution >= 4 is 22.7 Å². The van der Waals surface area contributed by atoms with Crippen LogP contribution in [0.3, 0.4) is 0 Å². The Morgan fingerprint density at radius 2 is 1.97 bits per heavy atom. The van der Waals surface area contributed by atoms with E-state index in [1.54, 1.807) is 12.1 Å². The minimum Gasteiger partial charge on any atom is -0.490 e. The van der Waals surface area contributed by atoms with Crippen LogP contribution in [-0.4, -0.2) is 45.4 Å². The van der Waals surface area contributed by atoms with Gasteiger partial charge in [-0.25, -0.2) is 14.8 Å². The summed E-state index contributed by atoms with van der Waals surface area (Å²) in [6.07, 6.45) is 4.45. The van der Waals surface area contributed by atoms with Gasteiger partial charge in [0, 0.05) is 31.4 Å². The molecule has 0 saturated carbocycles. The van der Waals surface area contributed by atoms with E-state index in [9.17, 15) is 4.79 Å². The summed E-state index contributed by atoms with van der Waals surface area (Å²) in [5, 5.41) is 13.5. The SMILES string of the molecule is CCOc1cc(-c2cc(NCCc3cccc4ccn(C)c34)ncn2)ccc1OCC(=O)O. The number of aryl methyl sites for hydroxylation is 1. The molecular weight excluding hydrogens is 420 g/mol. The van der Waals surface area contributed by atoms with E-state index < -0.39 is 12.6 Å². The summed E-state index contributed by atoms with van der Waals surface area (Å²) in [5.41, 5.74) is 4.07. The fourth-order valence-electron chi connectivity index (χ4n) is 3.78. The number of aromatic nitrogens is 3. The van der Waals surface area contributed by atoms with Crippen molar-refractivity contribution in [1.82, 2.24) is 14.5 Å². The van der Waals surface area contributed by atoms with Crippen molar-refractivity contribution in [3.63, 3.8) is 0 Å². The largest absolute Gasteiger partial charge is 0.490 e. The summed E-state index contributed by atoms with van der Waals surface area (Å²) in [4.78, 5) is 19.5. The molecule has 0 aliphatic heterocycles. The first kappa shape index (κ1) is 22.1. The minimum absolute atomic E-state index is 0.380. The van der Waals surface area contributed by atoms with Gasteiger partial charge < -0.3 is 24.5 Å². The highest BCUT2D eigenvalue weighted by atomic mass is 16.5. The Kier molecular flexibility index (Phi) is 6.73. The van der Waals surface area contributed by atoms with E-state index in [0.717, 1.165) is 30.0 Å². The molecule has 33 heavy (non-hydrogen) atoms. The third kappa shape index (κ3) is 5.23. The molecule has 4 aromatic rings. The first-order chi connectivity index (χ1) is 16.0. The van der Waals surface area contributed by atoms with Crippen LogP contribution in [0.25, 0.3) is 22.2 Å². The number of nitrogens with zero attached hydrogens (tertiary/aromatic N) is 3. The lowest BCUT2D eigenvalue weighted by molar-refractivity contribution is -0.139. The van der Waals surface area contributed by atoms with Crippen LogP contribution in [0.2, 0.25) is 0 Å². The van der Waals surface area contributed by atoms with Crippen molar-refractivity contribution < 1.29 is 19.4 Å².